The third-order valence-corrected chi connectivity index (χ3v) is 6.85. The number of nitrogens with two attached hydrogens (primary N) is 1. The quantitative estimate of drug-likeness (QED) is 0.299. The molecule has 140 valence electrons. The Hall–Kier alpha value is -3.10. The molecule has 0 atom stereocenters. The van der Waals surface area contributed by atoms with Crippen LogP contribution in [0.5, 0.6) is 0 Å². The molecule has 4 nitrogen and oxygen atoms in total. The van der Waals surface area contributed by atoms with Gasteiger partial charge in [-0.3, -0.25) is 0 Å². The predicted octanol–water partition coefficient (Wildman–Crippen LogP) is 3.57. The molecule has 0 bridgehead atoms. The molecule has 3 rings (SSSR count). The summed E-state index contributed by atoms with van der Waals surface area (Å²) in [6.07, 6.45) is 1.81. The molecular formula is C23H23N4P. The first-order valence-electron chi connectivity index (χ1n) is 9.02. The number of hydrogen-bond acceptors (Lipinski definition) is 4. The Labute approximate surface area is 167 Å². The number of benzene rings is 3. The summed E-state index contributed by atoms with van der Waals surface area (Å²) < 4.78 is 0. The minimum atomic E-state index is -0.698. The summed E-state index contributed by atoms with van der Waals surface area (Å²) in [6, 6.07) is 29.6. The van der Waals surface area contributed by atoms with Crippen LogP contribution in [0.25, 0.3) is 0 Å². The third kappa shape index (κ3) is 4.79. The average Bonchev–Trinajstić information content (AvgIpc) is 2.76. The van der Waals surface area contributed by atoms with E-state index in [1.54, 1.807) is 0 Å². The van der Waals surface area contributed by atoms with Crippen LogP contribution in [-0.2, 0) is 0 Å². The Morgan fingerprint density at radius 2 is 1.29 bits per heavy atom. The molecule has 0 spiro atoms. The minimum Gasteiger partial charge on any atom is -0.323 e. The van der Waals surface area contributed by atoms with Gasteiger partial charge in [0.2, 0.25) is 0 Å². The van der Waals surface area contributed by atoms with E-state index >= 15 is 0 Å². The predicted molar refractivity (Wildman–Crippen MR) is 123 cm³/mol. The fraction of sp³-hybridized carbons (Fsp3) is 0.0870. The SMILES string of the molecule is CC(=N\N)/C(C)=N/N=C/c1ccccc1P(c1ccccc1)c1ccccc1. The molecule has 2 N–H and O–H groups in total. The summed E-state index contributed by atoms with van der Waals surface area (Å²) in [5, 5.41) is 16.0. The van der Waals surface area contributed by atoms with Crippen LogP contribution in [0.15, 0.2) is 100 Å². The summed E-state index contributed by atoms with van der Waals surface area (Å²) in [7, 11) is -0.698. The van der Waals surface area contributed by atoms with E-state index in [-0.39, 0.29) is 0 Å². The van der Waals surface area contributed by atoms with Gasteiger partial charge in [0.25, 0.3) is 0 Å². The fourth-order valence-corrected chi connectivity index (χ4v) is 5.15. The Morgan fingerprint density at radius 3 is 1.86 bits per heavy atom. The van der Waals surface area contributed by atoms with E-state index in [2.05, 4.69) is 82.0 Å². The van der Waals surface area contributed by atoms with Crippen LogP contribution in [0.3, 0.4) is 0 Å². The maximum Gasteiger partial charge on any atom is 0.0828 e. The van der Waals surface area contributed by atoms with Gasteiger partial charge in [-0.05, 0) is 37.7 Å². The number of hydrazone groups is 1. The molecule has 5 heteroatoms. The van der Waals surface area contributed by atoms with Crippen molar-refractivity contribution in [1.82, 2.24) is 0 Å². The molecule has 0 unspecified atom stereocenters. The van der Waals surface area contributed by atoms with Crippen LogP contribution in [0.1, 0.15) is 19.4 Å². The molecule has 28 heavy (non-hydrogen) atoms. The summed E-state index contributed by atoms with van der Waals surface area (Å²) in [6.45, 7) is 3.65. The van der Waals surface area contributed by atoms with Gasteiger partial charge in [-0.15, -0.1) is 0 Å². The zero-order chi connectivity index (χ0) is 19.8. The van der Waals surface area contributed by atoms with Crippen molar-refractivity contribution in [2.75, 3.05) is 0 Å². The molecule has 0 radical (unpaired) electrons. The molecular weight excluding hydrogens is 363 g/mol. The Bertz CT molecular complexity index is 956. The van der Waals surface area contributed by atoms with Crippen LogP contribution < -0.4 is 21.8 Å². The van der Waals surface area contributed by atoms with E-state index in [9.17, 15) is 0 Å². The standard InChI is InChI=1S/C23H23N4P/c1-18(26-24)19(2)27-25-17-20-11-9-10-16-23(20)28(21-12-5-3-6-13-21)22-14-7-4-8-15-22/h3-17H,24H2,1-2H3/b25-17+,26-18+,27-19+. The van der Waals surface area contributed by atoms with Gasteiger partial charge in [0.05, 0.1) is 17.6 Å². The van der Waals surface area contributed by atoms with Crippen LogP contribution in [-0.4, -0.2) is 17.6 Å². The molecule has 0 heterocycles. The van der Waals surface area contributed by atoms with E-state index < -0.39 is 7.92 Å². The van der Waals surface area contributed by atoms with Crippen molar-refractivity contribution < 1.29 is 0 Å². The largest absolute Gasteiger partial charge is 0.323 e. The maximum atomic E-state index is 5.31. The van der Waals surface area contributed by atoms with Crippen LogP contribution in [0, 0.1) is 0 Å². The highest BCUT2D eigenvalue weighted by Crippen LogP contribution is 2.33. The van der Waals surface area contributed by atoms with E-state index in [0.717, 1.165) is 5.56 Å². The average molecular weight is 386 g/mol. The maximum absolute atomic E-state index is 5.31. The van der Waals surface area contributed by atoms with Gasteiger partial charge < -0.3 is 5.84 Å². The van der Waals surface area contributed by atoms with Crippen molar-refractivity contribution in [3.05, 3.63) is 90.5 Å². The van der Waals surface area contributed by atoms with Crippen molar-refractivity contribution in [3.63, 3.8) is 0 Å². The van der Waals surface area contributed by atoms with Gasteiger partial charge in [0.15, 0.2) is 0 Å². The molecule has 0 saturated heterocycles. The normalized spacial score (nSPS) is 12.7. The van der Waals surface area contributed by atoms with Crippen molar-refractivity contribution in [1.29, 1.82) is 0 Å². The smallest absolute Gasteiger partial charge is 0.0828 e. The first kappa shape index (κ1) is 19.7. The molecule has 3 aromatic rings. The fourth-order valence-electron chi connectivity index (χ4n) is 2.73. The summed E-state index contributed by atoms with van der Waals surface area (Å²) >= 11 is 0. The molecule has 0 aliphatic rings. The van der Waals surface area contributed by atoms with Gasteiger partial charge in [-0.1, -0.05) is 84.9 Å². The van der Waals surface area contributed by atoms with Crippen LogP contribution >= 0.6 is 7.92 Å². The lowest BCUT2D eigenvalue weighted by atomic mass is 10.2. The molecule has 0 fully saturated rings. The summed E-state index contributed by atoms with van der Waals surface area (Å²) in [5.41, 5.74) is 2.42. The van der Waals surface area contributed by atoms with Crippen molar-refractivity contribution in [3.8, 4) is 0 Å². The zero-order valence-electron chi connectivity index (χ0n) is 16.0. The zero-order valence-corrected chi connectivity index (χ0v) is 16.9. The van der Waals surface area contributed by atoms with Gasteiger partial charge in [0.1, 0.15) is 0 Å². The second kappa shape index (κ2) is 9.72. The highest BCUT2D eigenvalue weighted by atomic mass is 31.1. The summed E-state index contributed by atoms with van der Waals surface area (Å²) in [4.78, 5) is 0. The molecule has 0 saturated carbocycles. The van der Waals surface area contributed by atoms with E-state index in [1.165, 1.54) is 15.9 Å². The van der Waals surface area contributed by atoms with Crippen LogP contribution in [0.2, 0.25) is 0 Å². The molecule has 0 aliphatic heterocycles. The van der Waals surface area contributed by atoms with Gasteiger partial charge in [-0.2, -0.15) is 15.3 Å². The summed E-state index contributed by atoms with van der Waals surface area (Å²) in [5.74, 6) is 5.31. The number of nitrogens with zero attached hydrogens (tertiary/aromatic N) is 3. The van der Waals surface area contributed by atoms with E-state index in [4.69, 9.17) is 5.84 Å². The Balaban J connectivity index is 2.05. The number of hydrogen-bond donors (Lipinski definition) is 1. The second-order valence-corrected chi connectivity index (χ2v) is 8.40. The number of rotatable bonds is 6. The lowest BCUT2D eigenvalue weighted by molar-refractivity contribution is 1.22. The minimum absolute atomic E-state index is 0.668. The topological polar surface area (TPSA) is 63.1 Å². The Morgan fingerprint density at radius 1 is 0.750 bits per heavy atom. The van der Waals surface area contributed by atoms with Gasteiger partial charge in [-0.25, -0.2) is 0 Å². The third-order valence-electron chi connectivity index (χ3n) is 4.33. The Kier molecular flexibility index (Phi) is 6.83. The van der Waals surface area contributed by atoms with E-state index in [0.29, 0.717) is 11.4 Å². The van der Waals surface area contributed by atoms with Crippen LogP contribution in [0.4, 0.5) is 0 Å². The highest BCUT2D eigenvalue weighted by Gasteiger charge is 2.18. The monoisotopic (exact) mass is 386 g/mol. The highest BCUT2D eigenvalue weighted by molar-refractivity contribution is 7.80. The second-order valence-electron chi connectivity index (χ2n) is 6.21. The first-order valence-corrected chi connectivity index (χ1v) is 10.4. The lowest BCUT2D eigenvalue weighted by Gasteiger charge is -2.21. The van der Waals surface area contributed by atoms with Crippen molar-refractivity contribution in [2.45, 2.75) is 13.8 Å². The van der Waals surface area contributed by atoms with Crippen molar-refractivity contribution >= 4 is 41.5 Å². The first-order chi connectivity index (χ1) is 13.7. The van der Waals surface area contributed by atoms with Crippen molar-refractivity contribution in [2.24, 2.45) is 21.1 Å². The van der Waals surface area contributed by atoms with E-state index in [1.807, 2.05) is 38.3 Å². The lowest BCUT2D eigenvalue weighted by Crippen LogP contribution is -2.23. The molecule has 0 amide bonds. The molecule has 0 aliphatic carbocycles. The van der Waals surface area contributed by atoms with Gasteiger partial charge in [0, 0.05) is 5.56 Å². The van der Waals surface area contributed by atoms with Gasteiger partial charge >= 0.3 is 0 Å². The molecule has 0 aromatic heterocycles. The molecule has 3 aromatic carbocycles.